The maximum absolute atomic E-state index is 11.6. The second-order valence-corrected chi connectivity index (χ2v) is 7.26. The smallest absolute Gasteiger partial charge is 0.298 e. The summed E-state index contributed by atoms with van der Waals surface area (Å²) in [5.74, 6) is 0. The molecule has 0 spiro atoms. The molecule has 0 aliphatic carbocycles. The molecule has 22 heavy (non-hydrogen) atoms. The molecule has 4 N–H and O–H groups in total. The molecule has 0 atom stereocenters. The number of allylic oxidation sites excluding steroid dienone is 1. The molecule has 0 aliphatic heterocycles. The van der Waals surface area contributed by atoms with Crippen LogP contribution < -0.4 is 5.73 Å². The molecule has 0 saturated heterocycles. The number of nitrogens with two attached hydrogens (primary N) is 1. The molecule has 118 valence electrons. The predicted octanol–water partition coefficient (Wildman–Crippen LogP) is 1.64. The zero-order valence-corrected chi connectivity index (χ0v) is 12.9. The highest BCUT2D eigenvalue weighted by atomic mass is 32.2. The zero-order valence-electron chi connectivity index (χ0n) is 11.2. The molecule has 2 aromatic rings. The lowest BCUT2D eigenvalue weighted by atomic mass is 10.00. The van der Waals surface area contributed by atoms with Gasteiger partial charge in [-0.05, 0) is 17.4 Å². The van der Waals surface area contributed by atoms with Crippen LogP contribution in [0.2, 0.25) is 0 Å². The fourth-order valence-corrected chi connectivity index (χ4v) is 4.52. The molecule has 0 aliphatic rings. The van der Waals surface area contributed by atoms with Crippen molar-refractivity contribution >= 4 is 36.7 Å². The maximum Gasteiger partial charge on any atom is 0.298 e. The second kappa shape index (κ2) is 5.36. The number of fused-ring (bicyclic) bond motifs is 1. The van der Waals surface area contributed by atoms with Gasteiger partial charge in [0, 0.05) is 5.39 Å². The molecule has 2 aromatic carbocycles. The highest BCUT2D eigenvalue weighted by Gasteiger charge is 2.31. The van der Waals surface area contributed by atoms with Gasteiger partial charge in [0.15, 0.2) is 0 Å². The van der Waals surface area contributed by atoms with Crippen LogP contribution in [0.5, 0.6) is 0 Å². The number of benzene rings is 2. The highest BCUT2D eigenvalue weighted by molar-refractivity contribution is 7.89. The van der Waals surface area contributed by atoms with E-state index in [9.17, 15) is 25.9 Å². The first-order chi connectivity index (χ1) is 10.1. The van der Waals surface area contributed by atoms with Crippen molar-refractivity contribution in [2.24, 2.45) is 0 Å². The molecule has 0 amide bonds. The Kier molecular flexibility index (Phi) is 4.00. The number of anilines is 1. The van der Waals surface area contributed by atoms with Crippen LogP contribution in [-0.4, -0.2) is 25.9 Å². The zero-order chi connectivity index (χ0) is 16.7. The fourth-order valence-electron chi connectivity index (χ4n) is 2.35. The highest BCUT2D eigenvalue weighted by Crippen LogP contribution is 2.38. The Hall–Kier alpha value is -1.94. The first kappa shape index (κ1) is 16.4. The summed E-state index contributed by atoms with van der Waals surface area (Å²) in [6, 6.07) is 5.93. The van der Waals surface area contributed by atoms with E-state index in [0.29, 0.717) is 10.9 Å². The average Bonchev–Trinajstić information content (AvgIpc) is 2.38. The van der Waals surface area contributed by atoms with Gasteiger partial charge in [-0.15, -0.1) is 6.58 Å². The number of hydrogen-bond donors (Lipinski definition) is 3. The summed E-state index contributed by atoms with van der Waals surface area (Å²) in [7, 11) is -9.92. The summed E-state index contributed by atoms with van der Waals surface area (Å²) in [5.41, 5.74) is 5.62. The third-order valence-corrected chi connectivity index (χ3v) is 5.15. The van der Waals surface area contributed by atoms with Gasteiger partial charge in [0.1, 0.15) is 9.79 Å². The Labute approximate surface area is 127 Å². The molecule has 0 radical (unpaired) electrons. The summed E-state index contributed by atoms with van der Waals surface area (Å²) in [4.78, 5) is -1.96. The SMILES string of the molecule is C=CCc1c(N)c(S(=O)(=O)O)c(S(=O)(=O)O)c2ccccc12. The molecule has 0 fully saturated rings. The summed E-state index contributed by atoms with van der Waals surface area (Å²) < 4.78 is 65.2. The van der Waals surface area contributed by atoms with E-state index in [4.69, 9.17) is 5.73 Å². The van der Waals surface area contributed by atoms with Crippen molar-refractivity contribution in [3.8, 4) is 0 Å². The number of hydrogen-bond acceptors (Lipinski definition) is 5. The molecule has 0 aromatic heterocycles. The first-order valence-electron chi connectivity index (χ1n) is 5.98. The van der Waals surface area contributed by atoms with Crippen molar-refractivity contribution < 1.29 is 25.9 Å². The van der Waals surface area contributed by atoms with Crippen LogP contribution in [0.4, 0.5) is 5.69 Å². The Bertz CT molecular complexity index is 977. The lowest BCUT2D eigenvalue weighted by molar-refractivity contribution is 0.468. The van der Waals surface area contributed by atoms with Crippen molar-refractivity contribution in [3.05, 3.63) is 42.5 Å². The Morgan fingerprint density at radius 1 is 1.00 bits per heavy atom. The molecule has 2 rings (SSSR count). The van der Waals surface area contributed by atoms with Crippen molar-refractivity contribution in [1.29, 1.82) is 0 Å². The largest absolute Gasteiger partial charge is 0.397 e. The Morgan fingerprint density at radius 3 is 1.95 bits per heavy atom. The van der Waals surface area contributed by atoms with Crippen LogP contribution in [0.3, 0.4) is 0 Å². The predicted molar refractivity (Wildman–Crippen MR) is 81.9 cm³/mol. The van der Waals surface area contributed by atoms with E-state index in [1.165, 1.54) is 24.3 Å². The molecule has 0 heterocycles. The minimum atomic E-state index is -4.98. The van der Waals surface area contributed by atoms with Gasteiger partial charge in [-0.3, -0.25) is 9.11 Å². The van der Waals surface area contributed by atoms with E-state index >= 15 is 0 Å². The van der Waals surface area contributed by atoms with Gasteiger partial charge in [0.25, 0.3) is 20.2 Å². The van der Waals surface area contributed by atoms with Crippen LogP contribution in [-0.2, 0) is 26.7 Å². The van der Waals surface area contributed by atoms with Crippen molar-refractivity contribution in [2.45, 2.75) is 16.2 Å². The third kappa shape index (κ3) is 2.71. The minimum Gasteiger partial charge on any atom is -0.397 e. The monoisotopic (exact) mass is 343 g/mol. The van der Waals surface area contributed by atoms with Crippen molar-refractivity contribution in [3.63, 3.8) is 0 Å². The second-order valence-electron chi connectivity index (χ2n) is 4.54. The quantitative estimate of drug-likeness (QED) is 0.436. The first-order valence-corrected chi connectivity index (χ1v) is 8.86. The van der Waals surface area contributed by atoms with E-state index < -0.39 is 35.7 Å². The summed E-state index contributed by atoms with van der Waals surface area (Å²) in [6.07, 6.45) is 1.61. The summed E-state index contributed by atoms with van der Waals surface area (Å²) >= 11 is 0. The molecule has 9 heteroatoms. The summed E-state index contributed by atoms with van der Waals surface area (Å²) in [5, 5.41) is 0.295. The van der Waals surface area contributed by atoms with Crippen LogP contribution >= 0.6 is 0 Å². The fraction of sp³-hybridized carbons (Fsp3) is 0.0769. The Balaban J connectivity index is 3.24. The van der Waals surface area contributed by atoms with E-state index in [1.54, 1.807) is 6.07 Å². The topological polar surface area (TPSA) is 135 Å². The lowest BCUT2D eigenvalue weighted by Gasteiger charge is -2.16. The van der Waals surface area contributed by atoms with Gasteiger partial charge in [-0.25, -0.2) is 0 Å². The summed E-state index contributed by atoms with van der Waals surface area (Å²) in [6.45, 7) is 3.53. The van der Waals surface area contributed by atoms with Gasteiger partial charge in [0.05, 0.1) is 5.69 Å². The standard InChI is InChI=1S/C13H13NO6S2/c1-2-5-9-8-6-3-4-7-10(8)12(21(15,16)17)13(11(9)14)22(18,19)20/h2-4,6-7H,1,5,14H2,(H,15,16,17)(H,18,19,20). The minimum absolute atomic E-state index is 0.0522. The molecular formula is C13H13NO6S2. The third-order valence-electron chi connectivity index (χ3n) is 3.14. The average molecular weight is 343 g/mol. The van der Waals surface area contributed by atoms with Crippen molar-refractivity contribution in [1.82, 2.24) is 0 Å². The molecule has 0 unspecified atom stereocenters. The van der Waals surface area contributed by atoms with E-state index in [1.807, 2.05) is 0 Å². The van der Waals surface area contributed by atoms with Crippen LogP contribution in [0.25, 0.3) is 10.8 Å². The lowest BCUT2D eigenvalue weighted by Crippen LogP contribution is -2.14. The van der Waals surface area contributed by atoms with E-state index in [0.717, 1.165) is 0 Å². The maximum atomic E-state index is 11.6. The van der Waals surface area contributed by atoms with Gasteiger partial charge < -0.3 is 5.73 Å². The number of nitrogen functional groups attached to an aromatic ring is 1. The number of rotatable bonds is 4. The van der Waals surface area contributed by atoms with Crippen LogP contribution in [0, 0.1) is 0 Å². The molecule has 0 bridgehead atoms. The Morgan fingerprint density at radius 2 is 1.50 bits per heavy atom. The van der Waals surface area contributed by atoms with Crippen molar-refractivity contribution in [2.75, 3.05) is 5.73 Å². The van der Waals surface area contributed by atoms with Gasteiger partial charge in [-0.2, -0.15) is 16.8 Å². The molecular weight excluding hydrogens is 330 g/mol. The normalized spacial score (nSPS) is 12.5. The van der Waals surface area contributed by atoms with E-state index in [-0.39, 0.29) is 11.8 Å². The van der Waals surface area contributed by atoms with E-state index in [2.05, 4.69) is 6.58 Å². The van der Waals surface area contributed by atoms with Gasteiger partial charge in [-0.1, -0.05) is 30.3 Å². The molecule has 7 nitrogen and oxygen atoms in total. The van der Waals surface area contributed by atoms with Crippen LogP contribution in [0.15, 0.2) is 46.7 Å². The van der Waals surface area contributed by atoms with Gasteiger partial charge >= 0.3 is 0 Å². The van der Waals surface area contributed by atoms with Gasteiger partial charge in [0.2, 0.25) is 0 Å². The van der Waals surface area contributed by atoms with Crippen LogP contribution in [0.1, 0.15) is 5.56 Å². The molecule has 0 saturated carbocycles.